The fraction of sp³-hybridized carbons (Fsp3) is 1.00. The fourth-order valence-electron chi connectivity index (χ4n) is 4.06. The smallest absolute Gasteiger partial charge is 0.790 e. The van der Waals surface area contributed by atoms with E-state index in [-0.39, 0.29) is 26.1 Å². The first-order valence-electron chi connectivity index (χ1n) is 13.2. The topological polar surface area (TPSA) is 72.4 Å². The van der Waals surface area contributed by atoms with E-state index in [1.807, 2.05) is 0 Å². The molecule has 0 aromatic carbocycles. The summed E-state index contributed by atoms with van der Waals surface area (Å²) in [7, 11) is -4.76. The predicted octanol–water partition coefficient (Wildman–Crippen LogP) is 7.82. The molecule has 0 amide bonds. The third-order valence-corrected chi connectivity index (χ3v) is 6.50. The normalized spacial score (nSPS) is 11.6. The Kier molecular flexibility index (Phi) is 29.5. The average Bonchev–Trinajstić information content (AvgIpc) is 2.70. The molecule has 0 aromatic heterocycles. The Balaban J connectivity index is 0. The van der Waals surface area contributed by atoms with Gasteiger partial charge in [-0.3, -0.25) is 0 Å². The van der Waals surface area contributed by atoms with E-state index >= 15 is 0 Å². The molecule has 0 N–H and O–H groups in total. The van der Waals surface area contributed by atoms with Crippen LogP contribution in [-0.2, 0) is 28.6 Å². The molecule has 6 heteroatoms. The van der Waals surface area contributed by atoms with Crippen molar-refractivity contribution in [3.63, 3.8) is 0 Å². The maximum Gasteiger partial charge on any atom is 2.00 e. The standard InChI is InChI=1S/C25H53O4P.Zn/c1-2-3-4-5-6-7-8-9-10-11-12-13-14-15-16-17-18-19-20-21-22-23-24-25-29-30(26,27)28;/h2-25H2,1H3,(H2,26,27,28);/q;+2/p-2. The molecule has 0 atom stereocenters. The van der Waals surface area contributed by atoms with Gasteiger partial charge < -0.3 is 18.9 Å². The van der Waals surface area contributed by atoms with Crippen molar-refractivity contribution < 1.29 is 38.4 Å². The molecular weight excluding hydrogens is 461 g/mol. The van der Waals surface area contributed by atoms with Crippen LogP contribution in [-0.4, -0.2) is 6.61 Å². The summed E-state index contributed by atoms with van der Waals surface area (Å²) in [5, 5.41) is 0. The molecule has 0 saturated heterocycles. The van der Waals surface area contributed by atoms with E-state index in [9.17, 15) is 14.4 Å². The minimum absolute atomic E-state index is 0. The SMILES string of the molecule is CCCCCCCCCCCCCCCCCCCCCCCCCOP(=O)([O-])[O-].[Zn+2]. The van der Waals surface area contributed by atoms with Gasteiger partial charge >= 0.3 is 19.5 Å². The molecule has 0 fully saturated rings. The van der Waals surface area contributed by atoms with Crippen molar-refractivity contribution in [3.8, 4) is 0 Å². The summed E-state index contributed by atoms with van der Waals surface area (Å²) in [6.45, 7) is 2.33. The van der Waals surface area contributed by atoms with Gasteiger partial charge in [-0.15, -0.1) is 0 Å². The molecule has 0 bridgehead atoms. The van der Waals surface area contributed by atoms with Crippen molar-refractivity contribution in [1.82, 2.24) is 0 Å². The van der Waals surface area contributed by atoms with Crippen molar-refractivity contribution in [2.45, 2.75) is 155 Å². The number of unbranched alkanes of at least 4 members (excludes halogenated alkanes) is 22. The van der Waals surface area contributed by atoms with Crippen molar-refractivity contribution >= 4 is 7.82 Å². The van der Waals surface area contributed by atoms with Gasteiger partial charge in [-0.25, -0.2) is 0 Å². The van der Waals surface area contributed by atoms with Crippen molar-refractivity contribution in [1.29, 1.82) is 0 Å². The quantitative estimate of drug-likeness (QED) is 0.0711. The van der Waals surface area contributed by atoms with E-state index in [0.29, 0.717) is 6.42 Å². The van der Waals surface area contributed by atoms with Gasteiger partial charge in [0.2, 0.25) is 0 Å². The van der Waals surface area contributed by atoms with Crippen LogP contribution in [0.15, 0.2) is 0 Å². The van der Waals surface area contributed by atoms with Crippen LogP contribution < -0.4 is 9.79 Å². The zero-order valence-corrected chi connectivity index (χ0v) is 24.6. The Morgan fingerprint density at radius 2 is 0.710 bits per heavy atom. The largest absolute Gasteiger partial charge is 2.00 e. The second-order valence-electron chi connectivity index (χ2n) is 9.06. The molecule has 0 saturated carbocycles. The van der Waals surface area contributed by atoms with Gasteiger partial charge in [0.25, 0.3) is 0 Å². The second-order valence-corrected chi connectivity index (χ2v) is 10.2. The van der Waals surface area contributed by atoms with Gasteiger partial charge in [-0.2, -0.15) is 0 Å². The van der Waals surface area contributed by atoms with Gasteiger partial charge in [-0.1, -0.05) is 148 Å². The van der Waals surface area contributed by atoms with Crippen LogP contribution in [0.4, 0.5) is 0 Å². The summed E-state index contributed by atoms with van der Waals surface area (Å²) < 4.78 is 14.5. The number of hydrogen-bond acceptors (Lipinski definition) is 4. The van der Waals surface area contributed by atoms with Crippen LogP contribution >= 0.6 is 7.82 Å². The molecule has 0 rings (SSSR count). The minimum atomic E-state index is -4.76. The first-order valence-corrected chi connectivity index (χ1v) is 14.7. The summed E-state index contributed by atoms with van der Waals surface area (Å²) in [4.78, 5) is 20.6. The molecule has 0 aliphatic heterocycles. The summed E-state index contributed by atoms with van der Waals surface area (Å²) in [5.74, 6) is 0. The molecule has 0 aromatic rings. The first-order chi connectivity index (χ1) is 14.6. The molecule has 0 aliphatic rings. The summed E-state index contributed by atoms with van der Waals surface area (Å²) in [6.07, 6.45) is 30.6. The van der Waals surface area contributed by atoms with Gasteiger partial charge in [0.15, 0.2) is 0 Å². The molecule has 0 unspecified atom stereocenters. The monoisotopic (exact) mass is 510 g/mol. The minimum Gasteiger partial charge on any atom is -0.790 e. The van der Waals surface area contributed by atoms with E-state index in [1.54, 1.807) is 0 Å². The van der Waals surface area contributed by atoms with Crippen LogP contribution in [0.2, 0.25) is 0 Å². The maximum absolute atomic E-state index is 10.3. The molecule has 0 heterocycles. The van der Waals surface area contributed by atoms with Crippen LogP contribution in [0.25, 0.3) is 0 Å². The number of rotatable bonds is 25. The van der Waals surface area contributed by atoms with Gasteiger partial charge in [0.05, 0.1) is 14.4 Å². The number of phosphoric acid groups is 1. The maximum atomic E-state index is 10.3. The van der Waals surface area contributed by atoms with Crippen LogP contribution in [0.3, 0.4) is 0 Å². The number of hydrogen-bond donors (Lipinski definition) is 0. The zero-order valence-electron chi connectivity index (χ0n) is 20.8. The predicted molar refractivity (Wildman–Crippen MR) is 125 cm³/mol. The zero-order chi connectivity index (χ0) is 22.2. The molecule has 0 radical (unpaired) electrons. The summed E-state index contributed by atoms with van der Waals surface area (Å²) >= 11 is 0. The van der Waals surface area contributed by atoms with Crippen molar-refractivity contribution in [2.24, 2.45) is 0 Å². The van der Waals surface area contributed by atoms with E-state index < -0.39 is 7.82 Å². The molecule has 0 aliphatic carbocycles. The second kappa shape index (κ2) is 27.0. The van der Waals surface area contributed by atoms with Crippen molar-refractivity contribution in [2.75, 3.05) is 6.61 Å². The van der Waals surface area contributed by atoms with Crippen LogP contribution in [0.5, 0.6) is 0 Å². The Labute approximate surface area is 207 Å². The summed E-state index contributed by atoms with van der Waals surface area (Å²) in [5.41, 5.74) is 0. The molecular formula is C25H51O4PZn. The van der Waals surface area contributed by atoms with E-state index in [4.69, 9.17) is 0 Å². The first kappa shape index (κ1) is 33.9. The molecule has 4 nitrogen and oxygen atoms in total. The molecule has 182 valence electrons. The molecule has 31 heavy (non-hydrogen) atoms. The Morgan fingerprint density at radius 1 is 0.484 bits per heavy atom. The van der Waals surface area contributed by atoms with E-state index in [2.05, 4.69) is 11.4 Å². The third kappa shape index (κ3) is 33.0. The van der Waals surface area contributed by atoms with Gasteiger partial charge in [-0.05, 0) is 6.42 Å². The summed E-state index contributed by atoms with van der Waals surface area (Å²) in [6, 6.07) is 0. The van der Waals surface area contributed by atoms with Crippen molar-refractivity contribution in [3.05, 3.63) is 0 Å². The van der Waals surface area contributed by atoms with Crippen LogP contribution in [0, 0.1) is 0 Å². The van der Waals surface area contributed by atoms with Gasteiger partial charge in [0.1, 0.15) is 0 Å². The van der Waals surface area contributed by atoms with Crippen LogP contribution in [0.1, 0.15) is 155 Å². The van der Waals surface area contributed by atoms with E-state index in [0.717, 1.165) is 12.8 Å². The fourth-order valence-corrected chi connectivity index (χ4v) is 4.42. The Morgan fingerprint density at radius 3 is 0.935 bits per heavy atom. The third-order valence-electron chi connectivity index (χ3n) is 6.00. The Hall–Kier alpha value is 0.733. The Bertz CT molecular complexity index is 377. The average molecular weight is 512 g/mol. The molecule has 0 spiro atoms. The van der Waals surface area contributed by atoms with E-state index in [1.165, 1.54) is 128 Å². The number of phosphoric ester groups is 1. The van der Waals surface area contributed by atoms with Gasteiger partial charge in [0, 0.05) is 0 Å².